The molecule has 4 aromatic rings. The summed E-state index contributed by atoms with van der Waals surface area (Å²) in [6, 6.07) is 15.7. The first-order valence-electron chi connectivity index (χ1n) is 12.5. The van der Waals surface area contributed by atoms with Crippen LogP contribution in [0.25, 0.3) is 22.4 Å². The average molecular weight is 488 g/mol. The third-order valence-electron chi connectivity index (χ3n) is 7.64. The van der Waals surface area contributed by atoms with Crippen LogP contribution in [0, 0.1) is 12.8 Å². The molecule has 0 radical (unpaired) electrons. The fourth-order valence-electron chi connectivity index (χ4n) is 5.95. The molecule has 0 N–H and O–H groups in total. The molecule has 7 nitrogen and oxygen atoms in total. The number of hydrogen-bond donors (Lipinski definition) is 0. The summed E-state index contributed by atoms with van der Waals surface area (Å²) in [5.41, 5.74) is 2.39. The highest BCUT2D eigenvalue weighted by molar-refractivity contribution is 7.99. The molecule has 2 atom stereocenters. The molecule has 180 valence electrons. The van der Waals surface area contributed by atoms with Crippen LogP contribution in [0.3, 0.4) is 0 Å². The van der Waals surface area contributed by atoms with Crippen LogP contribution >= 0.6 is 11.8 Å². The summed E-state index contributed by atoms with van der Waals surface area (Å²) in [5.74, 6) is 1.62. The van der Waals surface area contributed by atoms with Crippen LogP contribution in [0.15, 0.2) is 58.5 Å². The predicted molar refractivity (Wildman–Crippen MR) is 138 cm³/mol. The van der Waals surface area contributed by atoms with Gasteiger partial charge >= 0.3 is 0 Å². The van der Waals surface area contributed by atoms with Gasteiger partial charge in [0, 0.05) is 12.6 Å². The van der Waals surface area contributed by atoms with Crippen molar-refractivity contribution in [2.75, 3.05) is 12.3 Å². The van der Waals surface area contributed by atoms with E-state index in [2.05, 4.69) is 15.1 Å². The largest absolute Gasteiger partial charge is 0.339 e. The SMILES string of the molecule is Cc1ccccc1-n1c(=O)c2ccccc2n2c(SCC(=O)N3CCCC4CCCCC43)nnc12. The highest BCUT2D eigenvalue weighted by atomic mass is 32.2. The number of carbonyl (C=O) groups excluding carboxylic acids is 1. The van der Waals surface area contributed by atoms with E-state index in [1.165, 1.54) is 37.4 Å². The Morgan fingerprint density at radius 2 is 1.77 bits per heavy atom. The average Bonchev–Trinajstić information content (AvgIpc) is 3.32. The van der Waals surface area contributed by atoms with Crippen LogP contribution in [0.4, 0.5) is 0 Å². The second-order valence-electron chi connectivity index (χ2n) is 9.69. The molecular weight excluding hydrogens is 458 g/mol. The zero-order valence-corrected chi connectivity index (χ0v) is 20.7. The number of fused-ring (bicyclic) bond motifs is 4. The number of rotatable bonds is 4. The summed E-state index contributed by atoms with van der Waals surface area (Å²) in [6.07, 6.45) is 7.23. The molecule has 2 aliphatic rings. The topological polar surface area (TPSA) is 72.5 Å². The maximum absolute atomic E-state index is 13.5. The van der Waals surface area contributed by atoms with Crippen LogP contribution in [0.2, 0.25) is 0 Å². The van der Waals surface area contributed by atoms with Crippen molar-refractivity contribution in [3.8, 4) is 5.69 Å². The van der Waals surface area contributed by atoms with Gasteiger partial charge in [-0.3, -0.25) is 14.0 Å². The highest BCUT2D eigenvalue weighted by Crippen LogP contribution is 2.36. The van der Waals surface area contributed by atoms with E-state index in [1.54, 1.807) is 4.57 Å². The van der Waals surface area contributed by atoms with Crippen molar-refractivity contribution < 1.29 is 4.79 Å². The number of amides is 1. The molecule has 2 unspecified atom stereocenters. The molecule has 2 aromatic carbocycles. The summed E-state index contributed by atoms with van der Waals surface area (Å²) in [7, 11) is 0. The quantitative estimate of drug-likeness (QED) is 0.393. The molecule has 1 saturated carbocycles. The molecule has 1 aliphatic carbocycles. The summed E-state index contributed by atoms with van der Waals surface area (Å²) in [5, 5.41) is 10.1. The van der Waals surface area contributed by atoms with E-state index >= 15 is 0 Å². The third-order valence-corrected chi connectivity index (χ3v) is 8.55. The minimum Gasteiger partial charge on any atom is -0.339 e. The van der Waals surface area contributed by atoms with Crippen LogP contribution in [-0.4, -0.2) is 48.3 Å². The van der Waals surface area contributed by atoms with Crippen LogP contribution in [-0.2, 0) is 4.79 Å². The number of thioether (sulfide) groups is 1. The Hall–Kier alpha value is -3.13. The first-order valence-corrected chi connectivity index (χ1v) is 13.5. The normalized spacial score (nSPS) is 20.3. The molecule has 35 heavy (non-hydrogen) atoms. The van der Waals surface area contributed by atoms with E-state index in [4.69, 9.17) is 0 Å². The van der Waals surface area contributed by atoms with Gasteiger partial charge in [0.1, 0.15) is 0 Å². The lowest BCUT2D eigenvalue weighted by molar-refractivity contribution is -0.134. The van der Waals surface area contributed by atoms with Crippen molar-refractivity contribution in [2.45, 2.75) is 56.6 Å². The number of likely N-dealkylation sites (tertiary alicyclic amines) is 1. The van der Waals surface area contributed by atoms with Gasteiger partial charge in [-0.25, -0.2) is 4.57 Å². The van der Waals surface area contributed by atoms with Crippen molar-refractivity contribution in [3.05, 3.63) is 64.4 Å². The molecule has 1 amide bonds. The van der Waals surface area contributed by atoms with Gasteiger partial charge < -0.3 is 4.90 Å². The monoisotopic (exact) mass is 487 g/mol. The van der Waals surface area contributed by atoms with Crippen molar-refractivity contribution in [2.24, 2.45) is 5.92 Å². The lowest BCUT2D eigenvalue weighted by Gasteiger charge is -2.44. The maximum Gasteiger partial charge on any atom is 0.267 e. The van der Waals surface area contributed by atoms with E-state index in [-0.39, 0.29) is 11.5 Å². The lowest BCUT2D eigenvalue weighted by atomic mass is 9.78. The third kappa shape index (κ3) is 3.84. The molecule has 0 bridgehead atoms. The molecule has 3 heterocycles. The molecule has 8 heteroatoms. The molecule has 2 fully saturated rings. The van der Waals surface area contributed by atoms with Crippen LogP contribution < -0.4 is 5.56 Å². The number of benzene rings is 2. The summed E-state index contributed by atoms with van der Waals surface area (Å²) >= 11 is 1.41. The molecule has 6 rings (SSSR count). The van der Waals surface area contributed by atoms with Gasteiger partial charge in [0.15, 0.2) is 5.16 Å². The molecular formula is C27H29N5O2S. The van der Waals surface area contributed by atoms with Gasteiger partial charge in [0.2, 0.25) is 11.7 Å². The van der Waals surface area contributed by atoms with E-state index in [9.17, 15) is 9.59 Å². The highest BCUT2D eigenvalue weighted by Gasteiger charge is 2.35. The van der Waals surface area contributed by atoms with Gasteiger partial charge in [-0.1, -0.05) is 54.9 Å². The summed E-state index contributed by atoms with van der Waals surface area (Å²) in [6.45, 7) is 2.84. The minimum absolute atomic E-state index is 0.126. The number of carbonyl (C=O) groups is 1. The zero-order valence-electron chi connectivity index (χ0n) is 19.9. The van der Waals surface area contributed by atoms with Crippen molar-refractivity contribution in [3.63, 3.8) is 0 Å². The Morgan fingerprint density at radius 3 is 2.66 bits per heavy atom. The van der Waals surface area contributed by atoms with Crippen LogP contribution in [0.5, 0.6) is 0 Å². The maximum atomic E-state index is 13.5. The van der Waals surface area contributed by atoms with Gasteiger partial charge in [0.25, 0.3) is 5.56 Å². The lowest BCUT2D eigenvalue weighted by Crippen LogP contribution is -2.50. The fourth-order valence-corrected chi connectivity index (χ4v) is 6.77. The fraction of sp³-hybridized carbons (Fsp3) is 0.407. The smallest absolute Gasteiger partial charge is 0.267 e. The first kappa shape index (κ1) is 22.3. The van der Waals surface area contributed by atoms with Crippen molar-refractivity contribution >= 4 is 34.3 Å². The van der Waals surface area contributed by atoms with Gasteiger partial charge in [0.05, 0.1) is 22.3 Å². The Morgan fingerprint density at radius 1 is 1.00 bits per heavy atom. The summed E-state index contributed by atoms with van der Waals surface area (Å²) < 4.78 is 3.55. The molecule has 1 aliphatic heterocycles. The number of para-hydroxylation sites is 2. The zero-order chi connectivity index (χ0) is 23.9. The Balaban J connectivity index is 1.38. The number of piperidine rings is 1. The van der Waals surface area contributed by atoms with E-state index in [0.717, 1.165) is 36.2 Å². The summed E-state index contributed by atoms with van der Waals surface area (Å²) in [4.78, 5) is 29.0. The Bertz CT molecular complexity index is 1470. The second kappa shape index (κ2) is 9.15. The predicted octanol–water partition coefficient (Wildman–Crippen LogP) is 4.62. The van der Waals surface area contributed by atoms with E-state index in [0.29, 0.717) is 34.0 Å². The molecule has 0 spiro atoms. The van der Waals surface area contributed by atoms with Gasteiger partial charge in [-0.15, -0.1) is 10.2 Å². The Labute approximate surface area is 208 Å². The number of hydrogen-bond acceptors (Lipinski definition) is 5. The first-order chi connectivity index (χ1) is 17.1. The van der Waals surface area contributed by atoms with Gasteiger partial charge in [-0.2, -0.15) is 0 Å². The number of aryl methyl sites for hydroxylation is 1. The van der Waals surface area contributed by atoms with Crippen molar-refractivity contribution in [1.82, 2.24) is 24.1 Å². The van der Waals surface area contributed by atoms with Crippen LogP contribution in [0.1, 0.15) is 44.1 Å². The molecule has 2 aromatic heterocycles. The number of nitrogens with zero attached hydrogens (tertiary/aromatic N) is 5. The van der Waals surface area contributed by atoms with E-state index < -0.39 is 0 Å². The minimum atomic E-state index is -0.126. The van der Waals surface area contributed by atoms with E-state index in [1.807, 2.05) is 59.9 Å². The number of aromatic nitrogens is 4. The van der Waals surface area contributed by atoms with Crippen molar-refractivity contribution in [1.29, 1.82) is 0 Å². The molecule has 1 saturated heterocycles. The van der Waals surface area contributed by atoms with Gasteiger partial charge in [-0.05, 0) is 62.3 Å². The standard InChI is InChI=1S/C27H29N5O2S/c1-18-9-2-5-13-21(18)31-25(34)20-12-4-7-15-23(20)32-26(31)28-29-27(32)35-17-24(33)30-16-8-11-19-10-3-6-14-22(19)30/h2,4-5,7,9,12-13,15,19,22H,3,6,8,10-11,14,16-17H2,1H3. The second-order valence-corrected chi connectivity index (χ2v) is 10.6. The Kier molecular flexibility index (Phi) is 5.84.